The van der Waals surface area contributed by atoms with Gasteiger partial charge in [-0.1, -0.05) is 44.0 Å². The summed E-state index contributed by atoms with van der Waals surface area (Å²) in [6, 6.07) is 12.9. The zero-order valence-electron chi connectivity index (χ0n) is 26.2. The number of likely N-dealkylation sites (tertiary alicyclic amines) is 2. The van der Waals surface area contributed by atoms with Crippen LogP contribution in [0.2, 0.25) is 0 Å². The molecule has 2 aliphatic heterocycles. The molecule has 3 atom stereocenters. The van der Waals surface area contributed by atoms with E-state index >= 15 is 0 Å². The van der Waals surface area contributed by atoms with Crippen LogP contribution in [0.1, 0.15) is 88.7 Å². The maximum Gasteiger partial charge on any atom is 0.282 e. The number of carbonyl (C=O) groups excluding carboxylic acids is 2. The lowest BCUT2D eigenvalue weighted by Crippen LogP contribution is -2.63. The Kier molecular flexibility index (Phi) is 11.8. The quantitative estimate of drug-likeness (QED) is 0.181. The molecule has 0 saturated carbocycles. The molecular weight excluding hydrogens is 524 g/mol. The maximum absolute atomic E-state index is 13.6. The van der Waals surface area contributed by atoms with Gasteiger partial charge in [-0.3, -0.25) is 14.5 Å². The minimum absolute atomic E-state index is 0.0484. The zero-order chi connectivity index (χ0) is 30.0. The highest BCUT2D eigenvalue weighted by Gasteiger charge is 2.43. The van der Waals surface area contributed by atoms with Gasteiger partial charge >= 0.3 is 0 Å². The number of hydrogen-bond donors (Lipinski definition) is 3. The Morgan fingerprint density at radius 1 is 0.881 bits per heavy atom. The molecule has 2 saturated heterocycles. The largest absolute Gasteiger partial charge is 0.508 e. The van der Waals surface area contributed by atoms with Crippen LogP contribution in [-0.4, -0.2) is 71.1 Å². The number of rotatable bonds is 13. The summed E-state index contributed by atoms with van der Waals surface area (Å²) in [5.41, 5.74) is 3.84. The number of nitrogens with one attached hydrogen (secondary N) is 2. The molecule has 7 heteroatoms. The molecule has 0 radical (unpaired) electrons. The van der Waals surface area contributed by atoms with Crippen LogP contribution in [0, 0.1) is 13.8 Å². The van der Waals surface area contributed by atoms with E-state index in [1.165, 1.54) is 6.42 Å². The lowest BCUT2D eigenvalue weighted by molar-refractivity contribution is -0.947. The lowest BCUT2D eigenvalue weighted by Gasteiger charge is -2.47. The summed E-state index contributed by atoms with van der Waals surface area (Å²) >= 11 is 0. The number of amides is 2. The molecule has 3 unspecified atom stereocenters. The predicted octanol–water partition coefficient (Wildman–Crippen LogP) is 6.78. The van der Waals surface area contributed by atoms with Gasteiger partial charge in [-0.2, -0.15) is 0 Å². The number of aromatic hydroxyl groups is 1. The normalized spacial score (nSPS) is 22.9. The van der Waals surface area contributed by atoms with Crippen LogP contribution in [0.15, 0.2) is 42.5 Å². The smallest absolute Gasteiger partial charge is 0.282 e. The standard InChI is InChI=1S/C35H52N4O3/c1-4-5-23-39(25-12-8-20-32(39)35(42)36-29-17-14-18-30(40)26-29)24-11-6-9-21-38-22-10-7-19-31(38)34(41)37-33-27(2)15-13-16-28(33)3/h13-18,26,31-32H,4-12,19-25H2,1-3H3,(H2-,36,37,40,41,42)/p+1. The molecule has 2 amide bonds. The topological polar surface area (TPSA) is 81.7 Å². The van der Waals surface area contributed by atoms with Gasteiger partial charge in [0.1, 0.15) is 5.75 Å². The van der Waals surface area contributed by atoms with Crippen molar-refractivity contribution in [1.29, 1.82) is 0 Å². The molecule has 2 aromatic carbocycles. The van der Waals surface area contributed by atoms with Crippen molar-refractivity contribution in [3.63, 3.8) is 0 Å². The van der Waals surface area contributed by atoms with E-state index in [9.17, 15) is 14.7 Å². The molecule has 2 aromatic rings. The lowest BCUT2D eigenvalue weighted by atomic mass is 9.95. The first-order valence-corrected chi connectivity index (χ1v) is 16.4. The molecule has 0 bridgehead atoms. The van der Waals surface area contributed by atoms with Crippen LogP contribution in [0.4, 0.5) is 11.4 Å². The summed E-state index contributed by atoms with van der Waals surface area (Å²) in [6.07, 6.45) is 11.9. The first-order valence-electron chi connectivity index (χ1n) is 16.4. The molecule has 4 rings (SSSR count). The van der Waals surface area contributed by atoms with Crippen molar-refractivity contribution < 1.29 is 19.2 Å². The Bertz CT molecular complexity index is 1160. The summed E-state index contributed by atoms with van der Waals surface area (Å²) in [4.78, 5) is 29.3. The number of aryl methyl sites for hydroxylation is 2. The predicted molar refractivity (Wildman–Crippen MR) is 172 cm³/mol. The number of phenols is 1. The van der Waals surface area contributed by atoms with Crippen LogP contribution < -0.4 is 10.6 Å². The molecule has 3 N–H and O–H groups in total. The number of nitrogens with zero attached hydrogens (tertiary/aromatic N) is 2. The Morgan fingerprint density at radius 3 is 2.38 bits per heavy atom. The maximum atomic E-state index is 13.6. The molecule has 0 aromatic heterocycles. The number of piperidine rings is 2. The highest BCUT2D eigenvalue weighted by Crippen LogP contribution is 2.30. The summed E-state index contributed by atoms with van der Waals surface area (Å²) in [6.45, 7) is 11.4. The highest BCUT2D eigenvalue weighted by atomic mass is 16.3. The number of anilines is 2. The Balaban J connectivity index is 1.33. The van der Waals surface area contributed by atoms with Crippen molar-refractivity contribution in [2.45, 2.75) is 103 Å². The van der Waals surface area contributed by atoms with Gasteiger partial charge in [0.2, 0.25) is 5.91 Å². The SMILES string of the molecule is CCCC[N+]1(CCCCCN2CCCCC2C(=O)Nc2c(C)cccc2C)CCCCC1C(=O)Nc1cccc(O)c1. The van der Waals surface area contributed by atoms with E-state index in [0.717, 1.165) is 118 Å². The van der Waals surface area contributed by atoms with Crippen LogP contribution in [-0.2, 0) is 9.59 Å². The van der Waals surface area contributed by atoms with Gasteiger partial charge in [-0.15, -0.1) is 0 Å². The van der Waals surface area contributed by atoms with Gasteiger partial charge < -0.3 is 20.2 Å². The summed E-state index contributed by atoms with van der Waals surface area (Å²) < 4.78 is 0.878. The number of carbonyl (C=O) groups is 2. The van der Waals surface area contributed by atoms with Gasteiger partial charge in [-0.25, -0.2) is 0 Å². The second-order valence-corrected chi connectivity index (χ2v) is 12.7. The number of benzene rings is 2. The Hall–Kier alpha value is -2.90. The average molecular weight is 578 g/mol. The first kappa shape index (κ1) is 32.0. The average Bonchev–Trinajstić information content (AvgIpc) is 2.98. The van der Waals surface area contributed by atoms with Crippen LogP contribution in [0.3, 0.4) is 0 Å². The minimum atomic E-state index is -0.0618. The van der Waals surface area contributed by atoms with Crippen LogP contribution in [0.5, 0.6) is 5.75 Å². The fourth-order valence-electron chi connectivity index (χ4n) is 7.20. The number of phenolic OH excluding ortho intramolecular Hbond substituents is 1. The first-order chi connectivity index (χ1) is 20.3. The summed E-state index contributed by atoms with van der Waals surface area (Å²) in [5, 5.41) is 16.2. The molecule has 2 heterocycles. The number of unbranched alkanes of at least 4 members (excludes halogenated alkanes) is 3. The molecule has 42 heavy (non-hydrogen) atoms. The van der Waals surface area contributed by atoms with E-state index < -0.39 is 0 Å². The van der Waals surface area contributed by atoms with Crippen LogP contribution >= 0.6 is 0 Å². The zero-order valence-corrected chi connectivity index (χ0v) is 26.2. The van der Waals surface area contributed by atoms with E-state index in [1.807, 2.05) is 12.1 Å². The Morgan fingerprint density at radius 2 is 1.62 bits per heavy atom. The number of hydrogen-bond acceptors (Lipinski definition) is 4. The Labute approximate surface area is 253 Å². The fourth-order valence-corrected chi connectivity index (χ4v) is 7.20. The second kappa shape index (κ2) is 15.5. The number of para-hydroxylation sites is 1. The van der Waals surface area contributed by atoms with Crippen LogP contribution in [0.25, 0.3) is 0 Å². The van der Waals surface area contributed by atoms with Crippen molar-refractivity contribution in [1.82, 2.24) is 4.90 Å². The van der Waals surface area contributed by atoms with E-state index in [1.54, 1.807) is 18.2 Å². The molecule has 2 fully saturated rings. The molecular formula is C35H53N4O3+. The highest BCUT2D eigenvalue weighted by molar-refractivity contribution is 5.96. The summed E-state index contributed by atoms with van der Waals surface area (Å²) in [5.74, 6) is 0.384. The molecule has 0 aliphatic carbocycles. The van der Waals surface area contributed by atoms with E-state index in [4.69, 9.17) is 0 Å². The summed E-state index contributed by atoms with van der Waals surface area (Å²) in [7, 11) is 0. The van der Waals surface area contributed by atoms with Gasteiger partial charge in [0, 0.05) is 23.9 Å². The third-order valence-corrected chi connectivity index (χ3v) is 9.56. The van der Waals surface area contributed by atoms with Crippen molar-refractivity contribution in [2.24, 2.45) is 0 Å². The third kappa shape index (κ3) is 8.35. The minimum Gasteiger partial charge on any atom is -0.508 e. The molecule has 0 spiro atoms. The van der Waals surface area contributed by atoms with E-state index in [-0.39, 0.29) is 29.6 Å². The van der Waals surface area contributed by atoms with Crippen molar-refractivity contribution in [2.75, 3.05) is 43.4 Å². The van der Waals surface area contributed by atoms with Crippen molar-refractivity contribution >= 4 is 23.2 Å². The van der Waals surface area contributed by atoms with Gasteiger partial charge in [-0.05, 0) is 102 Å². The number of quaternary nitrogens is 1. The van der Waals surface area contributed by atoms with Gasteiger partial charge in [0.15, 0.2) is 6.04 Å². The fraction of sp³-hybridized carbons (Fsp3) is 0.600. The second-order valence-electron chi connectivity index (χ2n) is 12.7. The molecule has 2 aliphatic rings. The monoisotopic (exact) mass is 577 g/mol. The van der Waals surface area contributed by atoms with Crippen molar-refractivity contribution in [3.05, 3.63) is 53.6 Å². The molecule has 230 valence electrons. The van der Waals surface area contributed by atoms with E-state index in [0.29, 0.717) is 5.69 Å². The van der Waals surface area contributed by atoms with Gasteiger partial charge in [0.05, 0.1) is 25.7 Å². The third-order valence-electron chi connectivity index (χ3n) is 9.56. The van der Waals surface area contributed by atoms with Crippen molar-refractivity contribution in [3.8, 4) is 5.75 Å². The van der Waals surface area contributed by atoms with E-state index in [2.05, 4.69) is 48.4 Å². The van der Waals surface area contributed by atoms with Gasteiger partial charge in [0.25, 0.3) is 5.91 Å². The molecule has 7 nitrogen and oxygen atoms in total.